The minimum atomic E-state index is -4.61. The van der Waals surface area contributed by atoms with Crippen LogP contribution >= 0.6 is 0 Å². The molecule has 2 aromatic rings. The van der Waals surface area contributed by atoms with Crippen LogP contribution in [0.5, 0.6) is 5.75 Å². The van der Waals surface area contributed by atoms with Crippen LogP contribution in [0.3, 0.4) is 0 Å². The van der Waals surface area contributed by atoms with Crippen molar-refractivity contribution in [1.82, 2.24) is 0 Å². The Morgan fingerprint density at radius 3 is 2.12 bits per heavy atom. The summed E-state index contributed by atoms with van der Waals surface area (Å²) in [7, 11) is 0. The number of hydrogen-bond donors (Lipinski definition) is 0. The smallest absolute Gasteiger partial charge is 0.419 e. The summed E-state index contributed by atoms with van der Waals surface area (Å²) in [6.07, 6.45) is -9.84. The van der Waals surface area contributed by atoms with Crippen LogP contribution in [0.4, 0.5) is 26.3 Å². The number of hydrogen-bond acceptors (Lipinski definition) is 1. The van der Waals surface area contributed by atoms with Crippen molar-refractivity contribution in [3.8, 4) is 5.75 Å². The van der Waals surface area contributed by atoms with Gasteiger partial charge in [0.1, 0.15) is 11.9 Å². The molecule has 1 atom stereocenters. The molecule has 24 heavy (non-hydrogen) atoms. The highest BCUT2D eigenvalue weighted by Gasteiger charge is 2.35. The Bertz CT molecular complexity index is 690. The summed E-state index contributed by atoms with van der Waals surface area (Å²) in [5.74, 6) is -0.408. The number of alkyl halides is 6. The lowest BCUT2D eigenvalue weighted by molar-refractivity contribution is -0.139. The number of rotatable bonds is 4. The summed E-state index contributed by atoms with van der Waals surface area (Å²) in [5.41, 5.74) is -1.66. The van der Waals surface area contributed by atoms with Crippen LogP contribution < -0.4 is 4.74 Å². The zero-order chi connectivity index (χ0) is 18.0. The van der Waals surface area contributed by atoms with Crippen molar-refractivity contribution in [2.24, 2.45) is 0 Å². The van der Waals surface area contributed by atoms with Crippen molar-refractivity contribution in [3.05, 3.63) is 65.2 Å². The molecule has 2 rings (SSSR count). The van der Waals surface area contributed by atoms with E-state index >= 15 is 0 Å². The second-order valence-electron chi connectivity index (χ2n) is 5.13. The van der Waals surface area contributed by atoms with Gasteiger partial charge in [-0.3, -0.25) is 0 Å². The van der Waals surface area contributed by atoms with Crippen molar-refractivity contribution in [2.75, 3.05) is 0 Å². The van der Waals surface area contributed by atoms with Crippen LogP contribution in [0.15, 0.2) is 48.5 Å². The number of ether oxygens (including phenoxy) is 1. The van der Waals surface area contributed by atoms with E-state index in [1.54, 1.807) is 6.92 Å². The summed E-state index contributed by atoms with van der Waals surface area (Å²) < 4.78 is 82.8. The summed E-state index contributed by atoms with van der Waals surface area (Å²) in [6, 6.07) is 9.03. The maximum atomic E-state index is 13.0. The molecule has 7 heteroatoms. The van der Waals surface area contributed by atoms with Crippen LogP contribution in [0.2, 0.25) is 0 Å². The van der Waals surface area contributed by atoms with Gasteiger partial charge in [0.15, 0.2) is 0 Å². The van der Waals surface area contributed by atoms with Crippen molar-refractivity contribution < 1.29 is 31.1 Å². The molecular weight excluding hydrogens is 334 g/mol. The lowest BCUT2D eigenvalue weighted by atomic mass is 10.0. The molecule has 0 aliphatic carbocycles. The second kappa shape index (κ2) is 6.75. The van der Waals surface area contributed by atoms with E-state index in [2.05, 4.69) is 0 Å². The van der Waals surface area contributed by atoms with Gasteiger partial charge >= 0.3 is 12.4 Å². The summed E-state index contributed by atoms with van der Waals surface area (Å²) in [5, 5.41) is 0. The normalized spacial score (nSPS) is 13.6. The van der Waals surface area contributed by atoms with Gasteiger partial charge in [-0.1, -0.05) is 31.2 Å². The highest BCUT2D eigenvalue weighted by Crippen LogP contribution is 2.39. The molecule has 0 fully saturated rings. The molecule has 2 aromatic carbocycles. The van der Waals surface area contributed by atoms with Gasteiger partial charge in [0.2, 0.25) is 0 Å². The third-order valence-electron chi connectivity index (χ3n) is 3.42. The van der Waals surface area contributed by atoms with Crippen molar-refractivity contribution >= 4 is 0 Å². The van der Waals surface area contributed by atoms with E-state index in [9.17, 15) is 26.3 Å². The summed E-state index contributed by atoms with van der Waals surface area (Å²) in [6.45, 7) is 1.63. The molecule has 0 heterocycles. The lowest BCUT2D eigenvalue weighted by Crippen LogP contribution is -2.13. The molecule has 0 radical (unpaired) electrons. The number of benzene rings is 2. The molecule has 0 saturated carbocycles. The van der Waals surface area contributed by atoms with Crippen LogP contribution in [-0.2, 0) is 12.4 Å². The van der Waals surface area contributed by atoms with Gasteiger partial charge in [0.25, 0.3) is 0 Å². The predicted octanol–water partition coefficient (Wildman–Crippen LogP) is 6.25. The third kappa shape index (κ3) is 4.21. The highest BCUT2D eigenvalue weighted by atomic mass is 19.4. The first-order chi connectivity index (χ1) is 11.1. The second-order valence-corrected chi connectivity index (χ2v) is 5.13. The van der Waals surface area contributed by atoms with E-state index in [4.69, 9.17) is 4.74 Å². The van der Waals surface area contributed by atoms with Gasteiger partial charge in [-0.25, -0.2) is 0 Å². The molecule has 1 nitrogen and oxygen atoms in total. The van der Waals surface area contributed by atoms with E-state index < -0.39 is 35.3 Å². The Kier molecular flexibility index (Phi) is 5.11. The molecule has 0 saturated heterocycles. The average molecular weight is 348 g/mol. The average Bonchev–Trinajstić information content (AvgIpc) is 2.51. The number of para-hydroxylation sites is 1. The van der Waals surface area contributed by atoms with Crippen molar-refractivity contribution in [2.45, 2.75) is 31.8 Å². The molecule has 0 spiro atoms. The first-order valence-electron chi connectivity index (χ1n) is 7.13. The summed E-state index contributed by atoms with van der Waals surface area (Å²) >= 11 is 0. The molecule has 130 valence electrons. The maximum absolute atomic E-state index is 13.0. The van der Waals surface area contributed by atoms with Crippen LogP contribution in [-0.4, -0.2) is 0 Å². The maximum Gasteiger partial charge on any atom is 0.419 e. The van der Waals surface area contributed by atoms with E-state index in [1.807, 2.05) is 0 Å². The van der Waals surface area contributed by atoms with E-state index in [0.29, 0.717) is 0 Å². The molecule has 0 aromatic heterocycles. The first kappa shape index (κ1) is 18.2. The molecule has 0 N–H and O–H groups in total. The molecule has 0 aliphatic rings. The fourth-order valence-electron chi connectivity index (χ4n) is 2.26. The van der Waals surface area contributed by atoms with Crippen LogP contribution in [0.25, 0.3) is 0 Å². The predicted molar refractivity (Wildman–Crippen MR) is 76.5 cm³/mol. The van der Waals surface area contributed by atoms with Crippen molar-refractivity contribution in [1.29, 1.82) is 0 Å². The zero-order valence-electron chi connectivity index (χ0n) is 12.6. The van der Waals surface area contributed by atoms with Gasteiger partial charge in [-0.2, -0.15) is 26.3 Å². The Morgan fingerprint density at radius 2 is 1.54 bits per heavy atom. The Morgan fingerprint density at radius 1 is 0.875 bits per heavy atom. The van der Waals surface area contributed by atoms with E-state index in [1.165, 1.54) is 24.3 Å². The third-order valence-corrected chi connectivity index (χ3v) is 3.42. The molecule has 1 unspecified atom stereocenters. The quantitative estimate of drug-likeness (QED) is 0.593. The monoisotopic (exact) mass is 348 g/mol. The fraction of sp³-hybridized carbons (Fsp3) is 0.294. The Hall–Kier alpha value is -2.18. The zero-order valence-corrected chi connectivity index (χ0v) is 12.6. The molecule has 0 aliphatic heterocycles. The fourth-order valence-corrected chi connectivity index (χ4v) is 2.26. The lowest BCUT2D eigenvalue weighted by Gasteiger charge is -2.21. The standard InChI is InChI=1S/C17H14F6O/c1-2-14(11-6-5-7-12(10-11)16(18,19)20)24-15-9-4-3-8-13(15)17(21,22)23/h3-10,14H,2H2,1H3. The molecular formula is C17H14F6O. The van der Waals surface area contributed by atoms with Gasteiger partial charge in [0.05, 0.1) is 11.1 Å². The van der Waals surface area contributed by atoms with Gasteiger partial charge < -0.3 is 4.74 Å². The minimum absolute atomic E-state index is 0.171. The SMILES string of the molecule is CCC(Oc1ccccc1C(F)(F)F)c1cccc(C(F)(F)F)c1. The van der Waals surface area contributed by atoms with Gasteiger partial charge in [-0.15, -0.1) is 0 Å². The van der Waals surface area contributed by atoms with Crippen LogP contribution in [0.1, 0.15) is 36.1 Å². The first-order valence-corrected chi connectivity index (χ1v) is 7.13. The molecule has 0 bridgehead atoms. The number of halogens is 6. The largest absolute Gasteiger partial charge is 0.485 e. The van der Waals surface area contributed by atoms with E-state index in [-0.39, 0.29) is 12.0 Å². The van der Waals surface area contributed by atoms with Crippen LogP contribution in [0, 0.1) is 0 Å². The highest BCUT2D eigenvalue weighted by molar-refractivity contribution is 5.37. The van der Waals surface area contributed by atoms with E-state index in [0.717, 1.165) is 24.3 Å². The minimum Gasteiger partial charge on any atom is -0.485 e. The summed E-state index contributed by atoms with van der Waals surface area (Å²) in [4.78, 5) is 0. The molecule has 0 amide bonds. The van der Waals surface area contributed by atoms with Crippen molar-refractivity contribution in [3.63, 3.8) is 0 Å². The van der Waals surface area contributed by atoms with Gasteiger partial charge in [-0.05, 0) is 36.2 Å². The Balaban J connectivity index is 2.35. The Labute approximate surface area is 134 Å². The van der Waals surface area contributed by atoms with Gasteiger partial charge in [0, 0.05) is 0 Å². The topological polar surface area (TPSA) is 9.23 Å².